The monoisotopic (exact) mass is 482 g/mol. The lowest BCUT2D eigenvalue weighted by Crippen LogP contribution is -2.45. The fraction of sp³-hybridized carbons (Fsp3) is 0.765. The van der Waals surface area contributed by atoms with E-state index >= 15 is 0 Å². The van der Waals surface area contributed by atoms with Crippen molar-refractivity contribution in [2.24, 2.45) is 4.99 Å². The van der Waals surface area contributed by atoms with Crippen molar-refractivity contribution in [1.29, 1.82) is 0 Å². The largest absolute Gasteiger partial charge is 0.357 e. The zero-order valence-corrected chi connectivity index (χ0v) is 19.0. The summed E-state index contributed by atoms with van der Waals surface area (Å²) in [6.07, 6.45) is 6.19. The Morgan fingerprint density at radius 3 is 2.88 bits per heavy atom. The first-order chi connectivity index (χ1) is 11.2. The molecule has 1 fully saturated rings. The van der Waals surface area contributed by atoms with E-state index in [-0.39, 0.29) is 24.0 Å². The maximum atomic E-state index is 4.73. The third-order valence-corrected chi connectivity index (χ3v) is 6.29. The van der Waals surface area contributed by atoms with Crippen molar-refractivity contribution < 1.29 is 0 Å². The number of aryl methyl sites for hydroxylation is 1. The molecule has 0 amide bonds. The number of hydrogen-bond donors (Lipinski definition) is 2. The van der Waals surface area contributed by atoms with Gasteiger partial charge in [-0.1, -0.05) is 20.3 Å². The molecule has 4 nitrogen and oxygen atoms in total. The van der Waals surface area contributed by atoms with Gasteiger partial charge < -0.3 is 10.6 Å². The summed E-state index contributed by atoms with van der Waals surface area (Å²) in [5.41, 5.74) is 1.08. The molecule has 1 saturated carbocycles. The third-order valence-electron chi connectivity index (χ3n) is 4.01. The van der Waals surface area contributed by atoms with Crippen molar-refractivity contribution in [1.82, 2.24) is 15.6 Å². The SMILES string of the molecule is CCNC(=NCc1csc(CC)n1)NC1CCCC(SCC)C1.I. The van der Waals surface area contributed by atoms with Crippen LogP contribution in [0.2, 0.25) is 0 Å². The van der Waals surface area contributed by atoms with Crippen LogP contribution in [-0.4, -0.2) is 34.5 Å². The summed E-state index contributed by atoms with van der Waals surface area (Å²) in [5.74, 6) is 2.15. The molecule has 7 heteroatoms. The molecule has 1 aromatic heterocycles. The molecule has 2 N–H and O–H groups in total. The maximum Gasteiger partial charge on any atom is 0.191 e. The summed E-state index contributed by atoms with van der Waals surface area (Å²) in [5, 5.41) is 11.1. The fourth-order valence-corrected chi connectivity index (χ4v) is 4.83. The van der Waals surface area contributed by atoms with Gasteiger partial charge in [-0.2, -0.15) is 11.8 Å². The van der Waals surface area contributed by atoms with Crippen molar-refractivity contribution in [3.05, 3.63) is 16.1 Å². The fourth-order valence-electron chi connectivity index (χ4n) is 2.92. The summed E-state index contributed by atoms with van der Waals surface area (Å²) in [7, 11) is 0. The van der Waals surface area contributed by atoms with Gasteiger partial charge in [-0.05, 0) is 38.4 Å². The molecule has 0 radical (unpaired) electrons. The van der Waals surface area contributed by atoms with Crippen LogP contribution in [0.25, 0.3) is 0 Å². The molecule has 0 aromatic carbocycles. The molecule has 0 aliphatic heterocycles. The Bertz CT molecular complexity index is 491. The molecule has 138 valence electrons. The van der Waals surface area contributed by atoms with Crippen LogP contribution in [0.3, 0.4) is 0 Å². The van der Waals surface area contributed by atoms with Crippen LogP contribution in [0, 0.1) is 0 Å². The Morgan fingerprint density at radius 1 is 1.38 bits per heavy atom. The van der Waals surface area contributed by atoms with Crippen LogP contribution < -0.4 is 10.6 Å². The smallest absolute Gasteiger partial charge is 0.191 e. The van der Waals surface area contributed by atoms with Gasteiger partial charge in [0.25, 0.3) is 0 Å². The molecule has 2 atom stereocenters. The molecule has 1 aliphatic carbocycles. The lowest BCUT2D eigenvalue weighted by Gasteiger charge is -2.30. The van der Waals surface area contributed by atoms with Gasteiger partial charge in [0.1, 0.15) is 0 Å². The van der Waals surface area contributed by atoms with E-state index in [0.717, 1.165) is 29.9 Å². The van der Waals surface area contributed by atoms with Gasteiger partial charge in [-0.15, -0.1) is 35.3 Å². The van der Waals surface area contributed by atoms with E-state index < -0.39 is 0 Å². The Morgan fingerprint density at radius 2 is 2.21 bits per heavy atom. The minimum absolute atomic E-state index is 0. The van der Waals surface area contributed by atoms with Crippen LogP contribution in [0.4, 0.5) is 0 Å². The van der Waals surface area contributed by atoms with E-state index in [4.69, 9.17) is 4.99 Å². The zero-order valence-electron chi connectivity index (χ0n) is 15.0. The standard InChI is InChI=1S/C17H30N4S2.HI/c1-4-16-20-14(12-23-16)11-19-17(18-5-2)21-13-8-7-9-15(10-13)22-6-3;/h12-13,15H,4-11H2,1-3H3,(H2,18,19,21);1H. The summed E-state index contributed by atoms with van der Waals surface area (Å²) in [6, 6.07) is 0.548. The van der Waals surface area contributed by atoms with Gasteiger partial charge in [0.05, 0.1) is 17.2 Å². The third kappa shape index (κ3) is 7.47. The van der Waals surface area contributed by atoms with E-state index in [1.807, 2.05) is 0 Å². The second kappa shape index (κ2) is 12.4. The van der Waals surface area contributed by atoms with Crippen LogP contribution >= 0.6 is 47.1 Å². The van der Waals surface area contributed by atoms with Gasteiger partial charge in [-0.3, -0.25) is 0 Å². The highest BCUT2D eigenvalue weighted by Gasteiger charge is 2.22. The first kappa shape index (κ1) is 22.0. The predicted molar refractivity (Wildman–Crippen MR) is 119 cm³/mol. The van der Waals surface area contributed by atoms with Crippen molar-refractivity contribution in [2.75, 3.05) is 12.3 Å². The second-order valence-electron chi connectivity index (χ2n) is 5.87. The Kier molecular flexibility index (Phi) is 11.3. The highest BCUT2D eigenvalue weighted by molar-refractivity contribution is 14.0. The van der Waals surface area contributed by atoms with E-state index in [9.17, 15) is 0 Å². The van der Waals surface area contributed by atoms with Gasteiger partial charge >= 0.3 is 0 Å². The number of nitrogens with zero attached hydrogens (tertiary/aromatic N) is 2. The number of guanidine groups is 1. The van der Waals surface area contributed by atoms with Crippen LogP contribution in [-0.2, 0) is 13.0 Å². The van der Waals surface area contributed by atoms with E-state index in [1.54, 1.807) is 11.3 Å². The molecule has 0 spiro atoms. The summed E-state index contributed by atoms with van der Waals surface area (Å²) in [6.45, 7) is 8.07. The molecule has 2 rings (SSSR count). The van der Waals surface area contributed by atoms with Crippen LogP contribution in [0.15, 0.2) is 10.4 Å². The summed E-state index contributed by atoms with van der Waals surface area (Å²) < 4.78 is 0. The Labute approximate surface area is 172 Å². The predicted octanol–water partition coefficient (Wildman–Crippen LogP) is 4.44. The molecule has 2 unspecified atom stereocenters. The van der Waals surface area contributed by atoms with E-state index in [1.165, 1.54) is 36.4 Å². The summed E-state index contributed by atoms with van der Waals surface area (Å²) in [4.78, 5) is 9.32. The number of thioether (sulfide) groups is 1. The van der Waals surface area contributed by atoms with Crippen molar-refractivity contribution in [2.45, 2.75) is 70.7 Å². The number of halogens is 1. The molecule has 0 bridgehead atoms. The Hall–Kier alpha value is -0.0200. The maximum absolute atomic E-state index is 4.73. The first-order valence-electron chi connectivity index (χ1n) is 8.84. The molecule has 1 aromatic rings. The van der Waals surface area contributed by atoms with Crippen molar-refractivity contribution >= 4 is 53.0 Å². The minimum Gasteiger partial charge on any atom is -0.357 e. The molecule has 0 saturated heterocycles. The van der Waals surface area contributed by atoms with Gasteiger partial charge in [-0.25, -0.2) is 9.98 Å². The normalized spacial score (nSPS) is 21.2. The molecule has 1 heterocycles. The average molecular weight is 483 g/mol. The zero-order chi connectivity index (χ0) is 16.5. The van der Waals surface area contributed by atoms with Gasteiger partial charge in [0.2, 0.25) is 0 Å². The van der Waals surface area contributed by atoms with Crippen molar-refractivity contribution in [3.8, 4) is 0 Å². The topological polar surface area (TPSA) is 49.3 Å². The molecule has 24 heavy (non-hydrogen) atoms. The highest BCUT2D eigenvalue weighted by Crippen LogP contribution is 2.28. The molecular weight excluding hydrogens is 451 g/mol. The number of rotatable bonds is 7. The minimum atomic E-state index is 0. The van der Waals surface area contributed by atoms with Gasteiger partial charge in [0, 0.05) is 23.2 Å². The molecule has 1 aliphatic rings. The number of thiazole rings is 1. The second-order valence-corrected chi connectivity index (χ2v) is 8.39. The average Bonchev–Trinajstić information content (AvgIpc) is 3.02. The quantitative estimate of drug-likeness (QED) is 0.343. The van der Waals surface area contributed by atoms with Crippen LogP contribution in [0.1, 0.15) is 57.2 Å². The van der Waals surface area contributed by atoms with E-state index in [0.29, 0.717) is 12.6 Å². The Balaban J connectivity index is 0.00000288. The number of aromatic nitrogens is 1. The summed E-state index contributed by atoms with van der Waals surface area (Å²) >= 11 is 3.84. The lowest BCUT2D eigenvalue weighted by molar-refractivity contribution is 0.419. The van der Waals surface area contributed by atoms with Crippen molar-refractivity contribution in [3.63, 3.8) is 0 Å². The highest BCUT2D eigenvalue weighted by atomic mass is 127. The number of aliphatic imine (C=N–C) groups is 1. The molecular formula is C17H31IN4S2. The lowest BCUT2D eigenvalue weighted by atomic mass is 9.95. The number of nitrogens with one attached hydrogen (secondary N) is 2. The number of hydrogen-bond acceptors (Lipinski definition) is 4. The van der Waals surface area contributed by atoms with E-state index in [2.05, 4.69) is 53.5 Å². The van der Waals surface area contributed by atoms with Crippen LogP contribution in [0.5, 0.6) is 0 Å². The van der Waals surface area contributed by atoms with Gasteiger partial charge in [0.15, 0.2) is 5.96 Å². The first-order valence-corrected chi connectivity index (χ1v) is 10.8.